The van der Waals surface area contributed by atoms with Crippen molar-refractivity contribution in [2.75, 3.05) is 0 Å². The first-order valence-electron chi connectivity index (χ1n) is 32.1. The van der Waals surface area contributed by atoms with Gasteiger partial charge in [0.25, 0.3) is 0 Å². The third-order valence-electron chi connectivity index (χ3n) is 16.7. The molecule has 0 N–H and O–H groups in total. The summed E-state index contributed by atoms with van der Waals surface area (Å²) < 4.78 is 1.04. The van der Waals surface area contributed by atoms with E-state index in [1.54, 1.807) is 16.3 Å². The molecule has 6 aromatic carbocycles. The number of benzene rings is 6. The molecule has 0 heterocycles. The Labute approximate surface area is 493 Å². The van der Waals surface area contributed by atoms with Crippen LogP contribution in [-0.2, 0) is 38.5 Å². The topological polar surface area (TPSA) is 0 Å². The predicted molar refractivity (Wildman–Crippen MR) is 356 cm³/mol. The molecule has 0 spiro atoms. The fourth-order valence-corrected chi connectivity index (χ4v) is 14.9. The van der Waals surface area contributed by atoms with E-state index in [-0.39, 0.29) is 0 Å². The SMILES string of the molecule is CCCCCCc1cc(-c2cccc(-c3cc(CCCCCC)c(-c4cccc(-c5cc(CCCCCC)c([Si](C)(C)C)cc5CCCCCC)c4)cc3CCCCCC)c2)c(CCCCCC)cc1-c1cc(Cl)cc(Br)c1. The van der Waals surface area contributed by atoms with Crippen LogP contribution in [0.3, 0.4) is 0 Å². The Hall–Kier alpha value is -3.69. The average Bonchev–Trinajstić information content (AvgIpc) is 3.48. The van der Waals surface area contributed by atoms with Crippen molar-refractivity contribution in [1.82, 2.24) is 0 Å². The van der Waals surface area contributed by atoms with Crippen molar-refractivity contribution in [3.8, 4) is 55.6 Å². The summed E-state index contributed by atoms with van der Waals surface area (Å²) in [6, 6.07) is 42.0. The van der Waals surface area contributed by atoms with E-state index in [0.717, 1.165) is 41.6 Å². The van der Waals surface area contributed by atoms with Gasteiger partial charge in [-0.1, -0.05) is 282 Å². The van der Waals surface area contributed by atoms with E-state index in [0.29, 0.717) is 0 Å². The Bertz CT molecular complexity index is 2720. The summed E-state index contributed by atoms with van der Waals surface area (Å²) >= 11 is 10.6. The number of hydrogen-bond acceptors (Lipinski definition) is 0. The van der Waals surface area contributed by atoms with Crippen LogP contribution in [0.2, 0.25) is 24.7 Å². The van der Waals surface area contributed by atoms with Gasteiger partial charge in [0.1, 0.15) is 0 Å². The predicted octanol–water partition coefficient (Wildman–Crippen LogP) is 24.7. The highest BCUT2D eigenvalue weighted by atomic mass is 79.9. The lowest BCUT2D eigenvalue weighted by molar-refractivity contribution is 0.664. The van der Waals surface area contributed by atoms with Crippen LogP contribution in [0.1, 0.15) is 229 Å². The van der Waals surface area contributed by atoms with Crippen molar-refractivity contribution in [3.63, 3.8) is 0 Å². The first-order valence-corrected chi connectivity index (χ1v) is 36.8. The zero-order chi connectivity index (χ0) is 55.7. The Morgan fingerprint density at radius 2 is 0.590 bits per heavy atom. The number of unbranched alkanes of at least 4 members (excludes halogenated alkanes) is 18. The molecule has 6 rings (SSSR count). The van der Waals surface area contributed by atoms with Crippen molar-refractivity contribution in [1.29, 1.82) is 0 Å². The number of aryl methyl sites for hydroxylation is 6. The Morgan fingerprint density at radius 1 is 0.308 bits per heavy atom. The van der Waals surface area contributed by atoms with Crippen LogP contribution in [0, 0.1) is 0 Å². The average molecular weight is 1150 g/mol. The minimum absolute atomic E-state index is 0.781. The molecule has 0 amide bonds. The fourth-order valence-electron chi connectivity index (χ4n) is 12.2. The van der Waals surface area contributed by atoms with Crippen LogP contribution < -0.4 is 5.19 Å². The normalized spacial score (nSPS) is 11.8. The van der Waals surface area contributed by atoms with Crippen molar-refractivity contribution in [2.24, 2.45) is 0 Å². The van der Waals surface area contributed by atoms with Crippen LogP contribution in [0.5, 0.6) is 0 Å². The highest BCUT2D eigenvalue weighted by Gasteiger charge is 2.24. The van der Waals surface area contributed by atoms with Gasteiger partial charge in [-0.15, -0.1) is 0 Å². The standard InChI is InChI=1S/C75H104BrClSi/c1-10-16-22-28-36-61-51-71(59-44-35-45-60(47-59)73-54-66(41-33-27-21-15-6)75(78(7,8)9)55-65(73)40-32-26-20-14-5)62(37-29-23-17-11-2)50-70(61)57-42-34-43-58(46-57)72-52-64(39-31-25-19-13-4)74(53-63(72)38-30-24-18-12-3)67-48-68(76)56-69(77)49-67/h34-35,42-56H,10-33,36-41H2,1-9H3. The second kappa shape index (κ2) is 33.9. The second-order valence-corrected chi connectivity index (χ2v) is 30.8. The molecule has 0 aromatic heterocycles. The molecule has 0 nitrogen and oxygen atoms in total. The van der Waals surface area contributed by atoms with E-state index in [4.69, 9.17) is 11.6 Å². The molecule has 0 atom stereocenters. The van der Waals surface area contributed by atoms with E-state index in [2.05, 4.69) is 174 Å². The zero-order valence-corrected chi connectivity index (χ0v) is 54.1. The Balaban J connectivity index is 1.53. The third kappa shape index (κ3) is 19.2. The Morgan fingerprint density at radius 3 is 0.885 bits per heavy atom. The molecule has 6 aromatic rings. The van der Waals surface area contributed by atoms with Crippen molar-refractivity contribution >= 4 is 40.8 Å². The van der Waals surface area contributed by atoms with Gasteiger partial charge in [-0.3, -0.25) is 0 Å². The molecule has 0 unspecified atom stereocenters. The van der Waals surface area contributed by atoms with Gasteiger partial charge in [0.2, 0.25) is 0 Å². The van der Waals surface area contributed by atoms with Gasteiger partial charge < -0.3 is 0 Å². The van der Waals surface area contributed by atoms with Crippen molar-refractivity contribution < 1.29 is 0 Å². The smallest absolute Gasteiger partial charge is 0.0779 e. The molecule has 0 saturated carbocycles. The minimum atomic E-state index is -1.57. The van der Waals surface area contributed by atoms with Gasteiger partial charge in [-0.05, 0) is 196 Å². The van der Waals surface area contributed by atoms with E-state index >= 15 is 0 Å². The van der Waals surface area contributed by atoms with Gasteiger partial charge in [-0.2, -0.15) is 0 Å². The molecule has 0 radical (unpaired) electrons. The molecule has 3 heteroatoms. The van der Waals surface area contributed by atoms with Gasteiger partial charge in [0, 0.05) is 9.50 Å². The van der Waals surface area contributed by atoms with Gasteiger partial charge in [-0.25, -0.2) is 0 Å². The molecule has 0 aliphatic carbocycles. The van der Waals surface area contributed by atoms with Gasteiger partial charge >= 0.3 is 0 Å². The monoisotopic (exact) mass is 1150 g/mol. The first kappa shape index (κ1) is 63.5. The lowest BCUT2D eigenvalue weighted by Gasteiger charge is -2.25. The van der Waals surface area contributed by atoms with Gasteiger partial charge in [0.05, 0.1) is 8.07 Å². The maximum atomic E-state index is 6.79. The number of hydrogen-bond donors (Lipinski definition) is 0. The van der Waals surface area contributed by atoms with Crippen LogP contribution in [0.15, 0.2) is 108 Å². The molecular weight excluding hydrogens is 1040 g/mol. The first-order chi connectivity index (χ1) is 37.9. The van der Waals surface area contributed by atoms with E-state index < -0.39 is 8.07 Å². The summed E-state index contributed by atoms with van der Waals surface area (Å²) in [5, 5.41) is 2.48. The second-order valence-electron chi connectivity index (χ2n) is 24.4. The zero-order valence-electron chi connectivity index (χ0n) is 50.8. The molecule has 78 heavy (non-hydrogen) atoms. The van der Waals surface area contributed by atoms with Crippen molar-refractivity contribution in [3.05, 3.63) is 146 Å². The summed E-state index contributed by atoms with van der Waals surface area (Å²) in [7, 11) is -1.57. The van der Waals surface area contributed by atoms with Crippen molar-refractivity contribution in [2.45, 2.75) is 254 Å². The van der Waals surface area contributed by atoms with Gasteiger partial charge in [0.15, 0.2) is 0 Å². The van der Waals surface area contributed by atoms with Crippen LogP contribution in [0.25, 0.3) is 55.6 Å². The molecule has 0 aliphatic rings. The maximum Gasteiger partial charge on any atom is 0.0779 e. The molecule has 0 aliphatic heterocycles. The third-order valence-corrected chi connectivity index (χ3v) is 19.5. The molecule has 0 saturated heterocycles. The van der Waals surface area contributed by atoms with E-state index in [1.807, 2.05) is 6.07 Å². The van der Waals surface area contributed by atoms with Crippen LogP contribution in [0.4, 0.5) is 0 Å². The molecule has 422 valence electrons. The number of rotatable bonds is 36. The lowest BCUT2D eigenvalue weighted by Crippen LogP contribution is -2.40. The summed E-state index contributed by atoms with van der Waals surface area (Å²) in [6.07, 6.45) is 37.1. The lowest BCUT2D eigenvalue weighted by atomic mass is 9.84. The van der Waals surface area contributed by atoms with E-state index in [1.165, 1.54) is 238 Å². The summed E-state index contributed by atoms with van der Waals surface area (Å²) in [5.74, 6) is 0. The highest BCUT2D eigenvalue weighted by molar-refractivity contribution is 9.10. The molecular formula is C75H104BrClSi. The molecule has 0 bridgehead atoms. The largest absolute Gasteiger partial charge is 0.0843 e. The maximum absolute atomic E-state index is 6.79. The van der Waals surface area contributed by atoms with Crippen LogP contribution in [-0.4, -0.2) is 8.07 Å². The quantitative estimate of drug-likeness (QED) is 0.0272. The summed E-state index contributed by atoms with van der Waals surface area (Å²) in [4.78, 5) is 0. The highest BCUT2D eigenvalue weighted by Crippen LogP contribution is 2.41. The summed E-state index contributed by atoms with van der Waals surface area (Å²) in [6.45, 7) is 21.7. The fraction of sp³-hybridized carbons (Fsp3) is 0.520. The van der Waals surface area contributed by atoms with E-state index in [9.17, 15) is 0 Å². The minimum Gasteiger partial charge on any atom is -0.0843 e. The summed E-state index contributed by atoms with van der Waals surface area (Å²) in [5.41, 5.74) is 22.9. The molecule has 0 fully saturated rings. The Kier molecular flexibility index (Phi) is 27.6. The van der Waals surface area contributed by atoms with Crippen LogP contribution >= 0.6 is 27.5 Å². The number of halogens is 2.